The maximum atomic E-state index is 11.8. The summed E-state index contributed by atoms with van der Waals surface area (Å²) in [6.45, 7) is 4.44. The summed E-state index contributed by atoms with van der Waals surface area (Å²) in [5.41, 5.74) is 0. The highest BCUT2D eigenvalue weighted by Crippen LogP contribution is 2.33. The van der Waals surface area contributed by atoms with Crippen LogP contribution in [0, 0.1) is 11.8 Å². The average Bonchev–Trinajstić information content (AvgIpc) is 3.17. The number of rotatable bonds is 9. The first-order chi connectivity index (χ1) is 9.05. The first kappa shape index (κ1) is 15.8. The third-order valence-corrected chi connectivity index (χ3v) is 3.73. The van der Waals surface area contributed by atoms with Crippen LogP contribution in [-0.2, 0) is 4.79 Å². The molecule has 1 aliphatic rings. The Labute approximate surface area is 115 Å². The standard InChI is InChI=1S/C14H26N2O3/c1-3-10(8-13(17)18)9-15-14(19)16-12(4-2)7-11-5-6-11/h10-12H,3-9H2,1-2H3,(H,17,18)(H2,15,16,19). The van der Waals surface area contributed by atoms with Gasteiger partial charge in [-0.05, 0) is 24.7 Å². The zero-order chi connectivity index (χ0) is 14.3. The van der Waals surface area contributed by atoms with Crippen molar-refractivity contribution in [2.75, 3.05) is 6.54 Å². The molecule has 0 bridgehead atoms. The summed E-state index contributed by atoms with van der Waals surface area (Å²) in [6.07, 6.45) is 5.45. The molecule has 110 valence electrons. The zero-order valence-electron chi connectivity index (χ0n) is 11.9. The molecule has 1 rings (SSSR count). The van der Waals surface area contributed by atoms with Crippen molar-refractivity contribution in [3.05, 3.63) is 0 Å². The molecule has 0 aromatic carbocycles. The first-order valence-electron chi connectivity index (χ1n) is 7.31. The third-order valence-electron chi connectivity index (χ3n) is 3.73. The number of carboxylic acids is 1. The van der Waals surface area contributed by atoms with Crippen LogP contribution >= 0.6 is 0 Å². The minimum absolute atomic E-state index is 0.00626. The van der Waals surface area contributed by atoms with Gasteiger partial charge in [0.1, 0.15) is 0 Å². The lowest BCUT2D eigenvalue weighted by Crippen LogP contribution is -2.43. The van der Waals surface area contributed by atoms with E-state index in [0.29, 0.717) is 6.54 Å². The second-order valence-corrected chi connectivity index (χ2v) is 5.51. The summed E-state index contributed by atoms with van der Waals surface area (Å²) in [6, 6.07) is 0.0726. The van der Waals surface area contributed by atoms with Crippen LogP contribution in [0.2, 0.25) is 0 Å². The number of carbonyl (C=O) groups is 2. The Morgan fingerprint density at radius 3 is 2.42 bits per heavy atom. The van der Waals surface area contributed by atoms with Crippen LogP contribution in [0.5, 0.6) is 0 Å². The van der Waals surface area contributed by atoms with Gasteiger partial charge in [0.05, 0.1) is 0 Å². The fraction of sp³-hybridized carbons (Fsp3) is 0.857. The quantitative estimate of drug-likeness (QED) is 0.602. The van der Waals surface area contributed by atoms with Crippen molar-refractivity contribution < 1.29 is 14.7 Å². The SMILES string of the molecule is CCC(CNC(=O)NC(CC)CC1CC1)CC(=O)O. The Hall–Kier alpha value is -1.26. The van der Waals surface area contributed by atoms with Gasteiger partial charge in [-0.3, -0.25) is 4.79 Å². The van der Waals surface area contributed by atoms with Gasteiger partial charge in [-0.15, -0.1) is 0 Å². The number of aliphatic carboxylic acids is 1. The fourth-order valence-corrected chi connectivity index (χ4v) is 2.16. The molecule has 0 radical (unpaired) electrons. The molecule has 0 aliphatic heterocycles. The average molecular weight is 270 g/mol. The van der Waals surface area contributed by atoms with Gasteiger partial charge in [0.15, 0.2) is 0 Å². The van der Waals surface area contributed by atoms with Crippen molar-refractivity contribution in [2.45, 2.75) is 58.4 Å². The maximum Gasteiger partial charge on any atom is 0.315 e. The van der Waals surface area contributed by atoms with E-state index in [4.69, 9.17) is 5.11 Å². The molecule has 0 heterocycles. The molecule has 5 heteroatoms. The molecule has 19 heavy (non-hydrogen) atoms. The van der Waals surface area contributed by atoms with E-state index in [9.17, 15) is 9.59 Å². The summed E-state index contributed by atoms with van der Waals surface area (Å²) >= 11 is 0. The van der Waals surface area contributed by atoms with Gasteiger partial charge in [-0.25, -0.2) is 4.79 Å². The number of hydrogen-bond donors (Lipinski definition) is 3. The first-order valence-corrected chi connectivity index (χ1v) is 7.31. The number of nitrogens with one attached hydrogen (secondary N) is 2. The number of carbonyl (C=O) groups excluding carboxylic acids is 1. The molecular formula is C14H26N2O3. The Balaban J connectivity index is 2.22. The van der Waals surface area contributed by atoms with Gasteiger partial charge in [-0.2, -0.15) is 0 Å². The number of carboxylic acid groups (broad SMARTS) is 1. The predicted octanol–water partition coefficient (Wildman–Crippen LogP) is 2.37. The van der Waals surface area contributed by atoms with Crippen LogP contribution in [0.1, 0.15) is 52.4 Å². The van der Waals surface area contributed by atoms with Crippen molar-refractivity contribution in [1.82, 2.24) is 10.6 Å². The van der Waals surface area contributed by atoms with Crippen LogP contribution in [-0.4, -0.2) is 29.7 Å². The lowest BCUT2D eigenvalue weighted by molar-refractivity contribution is -0.138. The van der Waals surface area contributed by atoms with Gasteiger partial charge in [0, 0.05) is 19.0 Å². The highest BCUT2D eigenvalue weighted by atomic mass is 16.4. The van der Waals surface area contributed by atoms with E-state index in [0.717, 1.165) is 25.2 Å². The van der Waals surface area contributed by atoms with Crippen molar-refractivity contribution in [3.8, 4) is 0 Å². The second-order valence-electron chi connectivity index (χ2n) is 5.51. The monoisotopic (exact) mass is 270 g/mol. The van der Waals surface area contributed by atoms with Crippen LogP contribution in [0.4, 0.5) is 4.79 Å². The molecule has 3 N–H and O–H groups in total. The van der Waals surface area contributed by atoms with Gasteiger partial charge < -0.3 is 15.7 Å². The normalized spacial score (nSPS) is 17.6. The largest absolute Gasteiger partial charge is 0.481 e. The molecule has 1 saturated carbocycles. The smallest absolute Gasteiger partial charge is 0.315 e. The molecule has 2 amide bonds. The highest BCUT2D eigenvalue weighted by Gasteiger charge is 2.25. The van der Waals surface area contributed by atoms with E-state index in [1.54, 1.807) is 0 Å². The Morgan fingerprint density at radius 2 is 1.95 bits per heavy atom. The Kier molecular flexibility index (Phi) is 6.67. The molecule has 0 aromatic rings. The van der Waals surface area contributed by atoms with Gasteiger partial charge in [0.25, 0.3) is 0 Å². The predicted molar refractivity (Wildman–Crippen MR) is 74.0 cm³/mol. The Morgan fingerprint density at radius 1 is 1.26 bits per heavy atom. The highest BCUT2D eigenvalue weighted by molar-refractivity contribution is 5.74. The van der Waals surface area contributed by atoms with Crippen LogP contribution in [0.15, 0.2) is 0 Å². The van der Waals surface area contributed by atoms with Crippen LogP contribution in [0.25, 0.3) is 0 Å². The fourth-order valence-electron chi connectivity index (χ4n) is 2.16. The molecule has 1 aliphatic carbocycles. The zero-order valence-corrected chi connectivity index (χ0v) is 11.9. The number of amides is 2. The van der Waals surface area contributed by atoms with E-state index >= 15 is 0 Å². The summed E-state index contributed by atoms with van der Waals surface area (Å²) in [7, 11) is 0. The number of hydrogen-bond acceptors (Lipinski definition) is 2. The topological polar surface area (TPSA) is 78.4 Å². The molecule has 2 unspecified atom stereocenters. The summed E-state index contributed by atoms with van der Waals surface area (Å²) in [5.74, 6) is -0.0124. The molecule has 1 fully saturated rings. The molecule has 0 saturated heterocycles. The summed E-state index contributed by atoms with van der Waals surface area (Å²) in [4.78, 5) is 22.4. The molecular weight excluding hydrogens is 244 g/mol. The van der Waals surface area contributed by atoms with E-state index in [1.807, 2.05) is 6.92 Å². The van der Waals surface area contributed by atoms with Crippen molar-refractivity contribution in [3.63, 3.8) is 0 Å². The lowest BCUT2D eigenvalue weighted by atomic mass is 10.0. The van der Waals surface area contributed by atoms with Crippen molar-refractivity contribution in [2.24, 2.45) is 11.8 Å². The lowest BCUT2D eigenvalue weighted by Gasteiger charge is -2.19. The second kappa shape index (κ2) is 8.02. The molecule has 5 nitrogen and oxygen atoms in total. The maximum absolute atomic E-state index is 11.8. The van der Waals surface area contributed by atoms with Crippen LogP contribution < -0.4 is 10.6 Å². The Bertz CT molecular complexity index is 303. The van der Waals surface area contributed by atoms with Gasteiger partial charge in [0.2, 0.25) is 0 Å². The summed E-state index contributed by atoms with van der Waals surface area (Å²) < 4.78 is 0. The van der Waals surface area contributed by atoms with E-state index in [2.05, 4.69) is 17.6 Å². The third kappa shape index (κ3) is 7.03. The van der Waals surface area contributed by atoms with E-state index < -0.39 is 5.97 Å². The molecule has 0 aromatic heterocycles. The molecule has 0 spiro atoms. The van der Waals surface area contributed by atoms with Crippen molar-refractivity contribution in [1.29, 1.82) is 0 Å². The van der Waals surface area contributed by atoms with Gasteiger partial charge >= 0.3 is 12.0 Å². The molecule has 2 atom stereocenters. The van der Waals surface area contributed by atoms with Gasteiger partial charge in [-0.1, -0.05) is 33.1 Å². The van der Waals surface area contributed by atoms with E-state index in [-0.39, 0.29) is 24.4 Å². The minimum atomic E-state index is -0.811. The summed E-state index contributed by atoms with van der Waals surface area (Å²) in [5, 5.41) is 14.5. The number of urea groups is 1. The van der Waals surface area contributed by atoms with E-state index in [1.165, 1.54) is 12.8 Å². The van der Waals surface area contributed by atoms with Crippen molar-refractivity contribution >= 4 is 12.0 Å². The van der Waals surface area contributed by atoms with Crippen LogP contribution in [0.3, 0.4) is 0 Å². The minimum Gasteiger partial charge on any atom is -0.481 e.